The molecule has 2 amide bonds. The number of hydrogen-bond acceptors (Lipinski definition) is 5. The van der Waals surface area contributed by atoms with Crippen LogP contribution in [0.5, 0.6) is 11.5 Å². The van der Waals surface area contributed by atoms with Crippen LogP contribution in [0.4, 0.5) is 5.69 Å². The Kier molecular flexibility index (Phi) is 5.63. The summed E-state index contributed by atoms with van der Waals surface area (Å²) in [7, 11) is 0. The number of anilines is 1. The van der Waals surface area contributed by atoms with Crippen molar-refractivity contribution in [3.63, 3.8) is 0 Å². The SMILES string of the molecule is O=C(NN=Cc1ccc2c(c1)OCO2)c1cccc(NC(=O)c2ccccc2Cl)c1. The molecule has 1 aliphatic heterocycles. The smallest absolute Gasteiger partial charge is 0.271 e. The summed E-state index contributed by atoms with van der Waals surface area (Å²) in [4.78, 5) is 24.8. The highest BCUT2D eigenvalue weighted by atomic mass is 35.5. The fourth-order valence-corrected chi connectivity index (χ4v) is 3.03. The molecular weight excluding hydrogens is 406 g/mol. The Labute approximate surface area is 177 Å². The van der Waals surface area contributed by atoms with Gasteiger partial charge < -0.3 is 14.8 Å². The molecule has 8 heteroatoms. The van der Waals surface area contributed by atoms with Gasteiger partial charge in [0.05, 0.1) is 16.8 Å². The minimum absolute atomic E-state index is 0.190. The van der Waals surface area contributed by atoms with E-state index in [1.807, 2.05) is 0 Å². The number of carbonyl (C=O) groups is 2. The molecule has 0 atom stereocenters. The van der Waals surface area contributed by atoms with E-state index in [-0.39, 0.29) is 12.7 Å². The quantitative estimate of drug-likeness (QED) is 0.479. The van der Waals surface area contributed by atoms with Crippen molar-refractivity contribution >= 4 is 35.3 Å². The van der Waals surface area contributed by atoms with Gasteiger partial charge in [0.15, 0.2) is 11.5 Å². The Hall–Kier alpha value is -3.84. The van der Waals surface area contributed by atoms with Crippen LogP contribution in [0.1, 0.15) is 26.3 Å². The van der Waals surface area contributed by atoms with Gasteiger partial charge in [-0.15, -0.1) is 0 Å². The lowest BCUT2D eigenvalue weighted by Gasteiger charge is -2.08. The summed E-state index contributed by atoms with van der Waals surface area (Å²) in [6, 6.07) is 18.6. The second-order valence-electron chi connectivity index (χ2n) is 6.33. The highest BCUT2D eigenvalue weighted by molar-refractivity contribution is 6.34. The molecule has 0 spiro atoms. The van der Waals surface area contributed by atoms with Crippen LogP contribution in [0.3, 0.4) is 0 Å². The number of hydrogen-bond donors (Lipinski definition) is 2. The van der Waals surface area contributed by atoms with Crippen molar-refractivity contribution in [2.75, 3.05) is 12.1 Å². The van der Waals surface area contributed by atoms with Crippen LogP contribution in [0, 0.1) is 0 Å². The zero-order chi connectivity index (χ0) is 20.9. The van der Waals surface area contributed by atoms with Gasteiger partial charge in [-0.2, -0.15) is 5.10 Å². The molecule has 30 heavy (non-hydrogen) atoms. The topological polar surface area (TPSA) is 89.0 Å². The van der Waals surface area contributed by atoms with Gasteiger partial charge >= 0.3 is 0 Å². The minimum Gasteiger partial charge on any atom is -0.454 e. The maximum absolute atomic E-state index is 12.4. The summed E-state index contributed by atoms with van der Waals surface area (Å²) in [5.74, 6) is 0.527. The molecule has 1 aliphatic rings. The first-order valence-corrected chi connectivity index (χ1v) is 9.37. The van der Waals surface area contributed by atoms with E-state index in [9.17, 15) is 9.59 Å². The average molecular weight is 422 g/mol. The molecule has 1 heterocycles. The van der Waals surface area contributed by atoms with Gasteiger partial charge in [0, 0.05) is 11.3 Å². The molecule has 3 aromatic carbocycles. The van der Waals surface area contributed by atoms with Crippen LogP contribution in [0.15, 0.2) is 71.8 Å². The highest BCUT2D eigenvalue weighted by Crippen LogP contribution is 2.31. The van der Waals surface area contributed by atoms with E-state index in [4.69, 9.17) is 21.1 Å². The maximum Gasteiger partial charge on any atom is 0.271 e. The molecule has 0 aromatic heterocycles. The second-order valence-corrected chi connectivity index (χ2v) is 6.73. The first-order chi connectivity index (χ1) is 14.6. The van der Waals surface area contributed by atoms with Gasteiger partial charge in [-0.3, -0.25) is 9.59 Å². The molecule has 0 fully saturated rings. The van der Waals surface area contributed by atoms with Crippen LogP contribution in [-0.4, -0.2) is 24.8 Å². The zero-order valence-corrected chi connectivity index (χ0v) is 16.3. The predicted octanol–water partition coefficient (Wildman–Crippen LogP) is 4.08. The maximum atomic E-state index is 12.4. The molecule has 0 saturated heterocycles. The summed E-state index contributed by atoms with van der Waals surface area (Å²) >= 11 is 6.05. The molecule has 0 unspecified atom stereocenters. The van der Waals surface area contributed by atoms with Gasteiger partial charge in [-0.05, 0) is 54.1 Å². The Morgan fingerprint density at radius 3 is 2.63 bits per heavy atom. The second kappa shape index (κ2) is 8.67. The summed E-state index contributed by atoms with van der Waals surface area (Å²) in [5.41, 5.74) is 4.37. The predicted molar refractivity (Wildman–Crippen MR) is 113 cm³/mol. The number of halogens is 1. The number of hydrazone groups is 1. The number of nitrogens with zero attached hydrogens (tertiary/aromatic N) is 1. The molecule has 0 aliphatic carbocycles. The Bertz CT molecular complexity index is 1150. The zero-order valence-electron chi connectivity index (χ0n) is 15.6. The van der Waals surface area contributed by atoms with E-state index >= 15 is 0 Å². The highest BCUT2D eigenvalue weighted by Gasteiger charge is 2.13. The van der Waals surface area contributed by atoms with Crippen molar-refractivity contribution in [1.82, 2.24) is 5.43 Å². The van der Waals surface area contributed by atoms with Crippen LogP contribution >= 0.6 is 11.6 Å². The van der Waals surface area contributed by atoms with E-state index in [0.29, 0.717) is 33.3 Å². The fraction of sp³-hybridized carbons (Fsp3) is 0.0455. The lowest BCUT2D eigenvalue weighted by Crippen LogP contribution is -2.18. The number of carbonyl (C=O) groups excluding carboxylic acids is 2. The number of benzene rings is 3. The Balaban J connectivity index is 1.40. The molecule has 7 nitrogen and oxygen atoms in total. The van der Waals surface area contributed by atoms with Crippen molar-refractivity contribution in [3.05, 3.63) is 88.4 Å². The Morgan fingerprint density at radius 2 is 1.77 bits per heavy atom. The van der Waals surface area contributed by atoms with Crippen molar-refractivity contribution in [2.45, 2.75) is 0 Å². The van der Waals surface area contributed by atoms with E-state index in [2.05, 4.69) is 15.8 Å². The fourth-order valence-electron chi connectivity index (χ4n) is 2.81. The van der Waals surface area contributed by atoms with Crippen LogP contribution in [0.25, 0.3) is 0 Å². The van der Waals surface area contributed by atoms with Crippen molar-refractivity contribution < 1.29 is 19.1 Å². The molecule has 0 saturated carbocycles. The molecule has 150 valence electrons. The number of nitrogens with one attached hydrogen (secondary N) is 2. The number of ether oxygens (including phenoxy) is 2. The number of fused-ring (bicyclic) bond motifs is 1. The first-order valence-electron chi connectivity index (χ1n) is 8.99. The van der Waals surface area contributed by atoms with E-state index < -0.39 is 5.91 Å². The summed E-state index contributed by atoms with van der Waals surface area (Å²) < 4.78 is 10.6. The van der Waals surface area contributed by atoms with E-state index in [1.165, 1.54) is 6.21 Å². The van der Waals surface area contributed by atoms with Crippen molar-refractivity contribution in [2.24, 2.45) is 5.10 Å². The van der Waals surface area contributed by atoms with E-state index in [1.54, 1.807) is 66.7 Å². The lowest BCUT2D eigenvalue weighted by molar-refractivity contribution is 0.0953. The van der Waals surface area contributed by atoms with Crippen molar-refractivity contribution in [3.8, 4) is 11.5 Å². The van der Waals surface area contributed by atoms with Gasteiger partial charge in [0.25, 0.3) is 11.8 Å². The van der Waals surface area contributed by atoms with Gasteiger partial charge in [0.1, 0.15) is 0 Å². The largest absolute Gasteiger partial charge is 0.454 e. The monoisotopic (exact) mass is 421 g/mol. The first kappa shape index (κ1) is 19.5. The van der Waals surface area contributed by atoms with E-state index in [0.717, 1.165) is 5.56 Å². The summed E-state index contributed by atoms with van der Waals surface area (Å²) in [6.07, 6.45) is 1.50. The molecule has 3 aromatic rings. The van der Waals surface area contributed by atoms with Crippen LogP contribution in [-0.2, 0) is 0 Å². The third kappa shape index (κ3) is 4.42. The third-order valence-corrected chi connectivity index (χ3v) is 4.61. The van der Waals surface area contributed by atoms with Crippen molar-refractivity contribution in [1.29, 1.82) is 0 Å². The van der Waals surface area contributed by atoms with Gasteiger partial charge in [-0.25, -0.2) is 5.43 Å². The average Bonchev–Trinajstić information content (AvgIpc) is 3.22. The molecule has 0 radical (unpaired) electrons. The normalized spacial score (nSPS) is 12.0. The molecule has 0 bridgehead atoms. The number of amides is 2. The summed E-state index contributed by atoms with van der Waals surface area (Å²) in [5, 5.41) is 7.05. The third-order valence-electron chi connectivity index (χ3n) is 4.28. The minimum atomic E-state index is -0.416. The Morgan fingerprint density at radius 1 is 0.933 bits per heavy atom. The molecule has 2 N–H and O–H groups in total. The number of rotatable bonds is 5. The van der Waals surface area contributed by atoms with Gasteiger partial charge in [0.2, 0.25) is 6.79 Å². The lowest BCUT2D eigenvalue weighted by atomic mass is 10.1. The van der Waals surface area contributed by atoms with Gasteiger partial charge in [-0.1, -0.05) is 29.8 Å². The van der Waals surface area contributed by atoms with Crippen LogP contribution < -0.4 is 20.2 Å². The molecule has 4 rings (SSSR count). The summed E-state index contributed by atoms with van der Waals surface area (Å²) in [6.45, 7) is 0.190. The molecular formula is C22H16ClN3O4. The standard InChI is InChI=1S/C22H16ClN3O4/c23-18-7-2-1-6-17(18)22(28)25-16-5-3-4-15(11-16)21(27)26-24-12-14-8-9-19-20(10-14)30-13-29-19/h1-12H,13H2,(H,25,28)(H,26,27). The van der Waals surface area contributed by atoms with Crippen LogP contribution in [0.2, 0.25) is 5.02 Å².